The van der Waals surface area contributed by atoms with E-state index in [9.17, 15) is 13.2 Å². The summed E-state index contributed by atoms with van der Waals surface area (Å²) in [6.07, 6.45) is 1.78. The molecule has 1 aliphatic rings. The third-order valence-corrected chi connectivity index (χ3v) is 6.41. The van der Waals surface area contributed by atoms with E-state index in [1.54, 1.807) is 18.2 Å². The number of sulfonamides is 1. The van der Waals surface area contributed by atoms with Gasteiger partial charge in [-0.2, -0.15) is 0 Å². The fourth-order valence-corrected chi connectivity index (χ4v) is 4.30. The topological polar surface area (TPSA) is 84.9 Å². The van der Waals surface area contributed by atoms with Gasteiger partial charge in [-0.25, -0.2) is 8.42 Å². The standard InChI is InChI=1S/C22H28N2O5S/c1-15-7-8-18(12-16(15)2)17(3)23-22(25)6-5-11-24(30(4,26)27)19-9-10-20-21(13-19)29-14-28-20/h7-10,12-13,17H,5-6,11,14H2,1-4H3,(H,23,25)/t17-/m1/s1. The largest absolute Gasteiger partial charge is 0.454 e. The lowest BCUT2D eigenvalue weighted by Gasteiger charge is -2.23. The minimum Gasteiger partial charge on any atom is -0.454 e. The predicted octanol–water partition coefficient (Wildman–Crippen LogP) is 3.46. The second kappa shape index (κ2) is 8.95. The molecule has 162 valence electrons. The first-order valence-electron chi connectivity index (χ1n) is 9.89. The molecule has 2 aromatic carbocycles. The molecule has 0 aromatic heterocycles. The molecule has 1 amide bonds. The summed E-state index contributed by atoms with van der Waals surface area (Å²) in [4.78, 5) is 12.4. The number of ether oxygens (including phenoxy) is 2. The lowest BCUT2D eigenvalue weighted by atomic mass is 10.0. The van der Waals surface area contributed by atoms with Crippen LogP contribution < -0.4 is 19.1 Å². The average molecular weight is 433 g/mol. The van der Waals surface area contributed by atoms with E-state index in [1.807, 2.05) is 26.0 Å². The fraction of sp³-hybridized carbons (Fsp3) is 0.409. The van der Waals surface area contributed by atoms with Crippen LogP contribution in [0.1, 0.15) is 42.5 Å². The Kier molecular flexibility index (Phi) is 6.55. The van der Waals surface area contributed by atoms with Crippen molar-refractivity contribution in [2.45, 2.75) is 39.7 Å². The Bertz CT molecular complexity index is 1040. The summed E-state index contributed by atoms with van der Waals surface area (Å²) in [5.41, 5.74) is 3.93. The average Bonchev–Trinajstić information content (AvgIpc) is 3.14. The van der Waals surface area contributed by atoms with Gasteiger partial charge in [-0.05, 0) is 56.0 Å². The first kappa shape index (κ1) is 22.0. The van der Waals surface area contributed by atoms with Gasteiger partial charge in [0.05, 0.1) is 18.0 Å². The smallest absolute Gasteiger partial charge is 0.232 e. The third-order valence-electron chi connectivity index (χ3n) is 5.22. The van der Waals surface area contributed by atoms with Crippen LogP contribution in [0.25, 0.3) is 0 Å². The van der Waals surface area contributed by atoms with Gasteiger partial charge in [-0.1, -0.05) is 18.2 Å². The summed E-state index contributed by atoms with van der Waals surface area (Å²) in [5, 5.41) is 2.99. The number of carbonyl (C=O) groups is 1. The summed E-state index contributed by atoms with van der Waals surface area (Å²) in [6, 6.07) is 11.0. The molecule has 1 atom stereocenters. The monoisotopic (exact) mass is 432 g/mol. The molecule has 7 nitrogen and oxygen atoms in total. The van der Waals surface area contributed by atoms with Crippen molar-refractivity contribution >= 4 is 21.6 Å². The van der Waals surface area contributed by atoms with Crippen LogP contribution in [0.2, 0.25) is 0 Å². The minimum atomic E-state index is -3.50. The quantitative estimate of drug-likeness (QED) is 0.691. The lowest BCUT2D eigenvalue weighted by Crippen LogP contribution is -2.32. The van der Waals surface area contributed by atoms with Crippen molar-refractivity contribution < 1.29 is 22.7 Å². The van der Waals surface area contributed by atoms with Crippen molar-refractivity contribution in [1.29, 1.82) is 0 Å². The summed E-state index contributed by atoms with van der Waals surface area (Å²) >= 11 is 0. The minimum absolute atomic E-state index is 0.111. The number of benzene rings is 2. The second-order valence-corrected chi connectivity index (χ2v) is 9.52. The molecule has 0 fully saturated rings. The van der Waals surface area contributed by atoms with Gasteiger partial charge in [0.2, 0.25) is 22.7 Å². The van der Waals surface area contributed by atoms with Gasteiger partial charge in [0.25, 0.3) is 0 Å². The molecule has 1 aliphatic heterocycles. The highest BCUT2D eigenvalue weighted by molar-refractivity contribution is 7.92. The molecule has 0 radical (unpaired) electrons. The van der Waals surface area contributed by atoms with Gasteiger partial charge in [-0.3, -0.25) is 9.10 Å². The number of anilines is 1. The number of hydrogen-bond donors (Lipinski definition) is 1. The van der Waals surface area contributed by atoms with E-state index in [2.05, 4.69) is 18.3 Å². The number of fused-ring (bicyclic) bond motifs is 1. The molecular weight excluding hydrogens is 404 g/mol. The maximum atomic E-state index is 12.4. The first-order chi connectivity index (χ1) is 14.1. The second-order valence-electron chi connectivity index (χ2n) is 7.61. The number of nitrogens with zero attached hydrogens (tertiary/aromatic N) is 1. The van der Waals surface area contributed by atoms with Gasteiger partial charge < -0.3 is 14.8 Å². The molecule has 0 aliphatic carbocycles. The van der Waals surface area contributed by atoms with Crippen molar-refractivity contribution in [3.63, 3.8) is 0 Å². The Labute approximate surface area is 178 Å². The van der Waals surface area contributed by atoms with Crippen LogP contribution in [0.15, 0.2) is 36.4 Å². The Morgan fingerprint density at radius 2 is 1.83 bits per heavy atom. The summed E-state index contributed by atoms with van der Waals surface area (Å²) in [5.74, 6) is 0.993. The van der Waals surface area contributed by atoms with E-state index in [1.165, 1.54) is 15.4 Å². The summed E-state index contributed by atoms with van der Waals surface area (Å²) in [6.45, 7) is 6.36. The van der Waals surface area contributed by atoms with Crippen LogP contribution in [-0.2, 0) is 14.8 Å². The van der Waals surface area contributed by atoms with Crippen LogP contribution in [0.3, 0.4) is 0 Å². The van der Waals surface area contributed by atoms with Crippen molar-refractivity contribution in [2.75, 3.05) is 23.9 Å². The molecule has 0 spiro atoms. The van der Waals surface area contributed by atoms with Crippen molar-refractivity contribution in [1.82, 2.24) is 5.32 Å². The molecule has 0 bridgehead atoms. The van der Waals surface area contributed by atoms with Gasteiger partial charge in [0.1, 0.15) is 0 Å². The lowest BCUT2D eigenvalue weighted by molar-refractivity contribution is -0.121. The van der Waals surface area contributed by atoms with Crippen molar-refractivity contribution in [3.8, 4) is 11.5 Å². The SMILES string of the molecule is Cc1ccc([C@@H](C)NC(=O)CCCN(c2ccc3c(c2)OCO3)S(C)(=O)=O)cc1C. The fourth-order valence-electron chi connectivity index (χ4n) is 3.34. The van der Waals surface area contributed by atoms with Crippen LogP contribution in [-0.4, -0.2) is 33.9 Å². The Balaban J connectivity index is 1.58. The number of carbonyl (C=O) groups excluding carboxylic acids is 1. The molecular formula is C22H28N2O5S. The molecule has 0 saturated heterocycles. The Morgan fingerprint density at radius 3 is 2.53 bits per heavy atom. The normalized spacial score (nSPS) is 13.7. The molecule has 30 heavy (non-hydrogen) atoms. The van der Waals surface area contributed by atoms with E-state index < -0.39 is 10.0 Å². The number of amides is 1. The van der Waals surface area contributed by atoms with E-state index in [-0.39, 0.29) is 31.7 Å². The zero-order chi connectivity index (χ0) is 21.9. The maximum absolute atomic E-state index is 12.4. The maximum Gasteiger partial charge on any atom is 0.232 e. The molecule has 2 aromatic rings. The molecule has 0 unspecified atom stereocenters. The molecule has 8 heteroatoms. The zero-order valence-electron chi connectivity index (χ0n) is 17.8. The van der Waals surface area contributed by atoms with Crippen LogP contribution in [0.5, 0.6) is 11.5 Å². The summed E-state index contributed by atoms with van der Waals surface area (Å²) in [7, 11) is -3.50. The van der Waals surface area contributed by atoms with Gasteiger partial charge in [-0.15, -0.1) is 0 Å². The van der Waals surface area contributed by atoms with Gasteiger partial charge in [0, 0.05) is 19.0 Å². The van der Waals surface area contributed by atoms with E-state index in [0.717, 1.165) is 11.8 Å². The highest BCUT2D eigenvalue weighted by atomic mass is 32.2. The predicted molar refractivity (Wildman–Crippen MR) is 116 cm³/mol. The Hall–Kier alpha value is -2.74. The number of rotatable bonds is 8. The van der Waals surface area contributed by atoms with Crippen molar-refractivity contribution in [2.24, 2.45) is 0 Å². The molecule has 3 rings (SSSR count). The number of aryl methyl sites for hydroxylation is 2. The molecule has 1 N–H and O–H groups in total. The Morgan fingerprint density at radius 1 is 1.10 bits per heavy atom. The highest BCUT2D eigenvalue weighted by Crippen LogP contribution is 2.36. The molecule has 1 heterocycles. The van der Waals surface area contributed by atoms with E-state index >= 15 is 0 Å². The van der Waals surface area contributed by atoms with Crippen LogP contribution in [0, 0.1) is 13.8 Å². The van der Waals surface area contributed by atoms with E-state index in [4.69, 9.17) is 9.47 Å². The molecule has 0 saturated carbocycles. The van der Waals surface area contributed by atoms with Gasteiger partial charge in [0.15, 0.2) is 11.5 Å². The first-order valence-corrected chi connectivity index (χ1v) is 11.7. The number of hydrogen-bond acceptors (Lipinski definition) is 5. The zero-order valence-corrected chi connectivity index (χ0v) is 18.6. The van der Waals surface area contributed by atoms with Crippen molar-refractivity contribution in [3.05, 3.63) is 53.1 Å². The van der Waals surface area contributed by atoms with E-state index in [0.29, 0.717) is 23.6 Å². The van der Waals surface area contributed by atoms with Crippen LogP contribution >= 0.6 is 0 Å². The van der Waals surface area contributed by atoms with Gasteiger partial charge >= 0.3 is 0 Å². The van der Waals surface area contributed by atoms with Crippen LogP contribution in [0.4, 0.5) is 5.69 Å². The third kappa shape index (κ3) is 5.24. The number of nitrogens with one attached hydrogen (secondary N) is 1. The summed E-state index contributed by atoms with van der Waals surface area (Å²) < 4.78 is 36.5. The highest BCUT2D eigenvalue weighted by Gasteiger charge is 2.21.